The summed E-state index contributed by atoms with van der Waals surface area (Å²) in [7, 11) is 0. The SMILES string of the molecule is CCN1CCCC1c1ccccc1Oc1ccccc1. The zero-order chi connectivity index (χ0) is 13.8. The number of likely N-dealkylation sites (tertiary alicyclic amines) is 1. The standard InChI is InChI=1S/C18H21NO/c1-2-19-14-8-12-17(19)16-11-6-7-13-18(16)20-15-9-4-3-5-10-15/h3-7,9-11,13,17H,2,8,12,14H2,1H3. The molecular formula is C18H21NO. The molecule has 0 spiro atoms. The molecule has 2 nitrogen and oxygen atoms in total. The van der Waals surface area contributed by atoms with Gasteiger partial charge in [-0.2, -0.15) is 0 Å². The molecule has 1 unspecified atom stereocenters. The summed E-state index contributed by atoms with van der Waals surface area (Å²) in [5, 5.41) is 0. The predicted octanol–water partition coefficient (Wildman–Crippen LogP) is 4.64. The van der Waals surface area contributed by atoms with Gasteiger partial charge >= 0.3 is 0 Å². The largest absolute Gasteiger partial charge is 0.457 e. The van der Waals surface area contributed by atoms with E-state index in [2.05, 4.69) is 30.0 Å². The monoisotopic (exact) mass is 267 g/mol. The minimum absolute atomic E-state index is 0.500. The smallest absolute Gasteiger partial charge is 0.132 e. The summed E-state index contributed by atoms with van der Waals surface area (Å²) < 4.78 is 6.09. The highest BCUT2D eigenvalue weighted by molar-refractivity contribution is 5.40. The molecule has 0 bridgehead atoms. The van der Waals surface area contributed by atoms with Crippen molar-refractivity contribution in [1.29, 1.82) is 0 Å². The van der Waals surface area contributed by atoms with Gasteiger partial charge in [-0.15, -0.1) is 0 Å². The quantitative estimate of drug-likeness (QED) is 0.800. The molecule has 0 aromatic heterocycles. The Morgan fingerprint density at radius 3 is 2.60 bits per heavy atom. The molecule has 2 aromatic rings. The van der Waals surface area contributed by atoms with Crippen molar-refractivity contribution >= 4 is 0 Å². The third kappa shape index (κ3) is 2.70. The maximum absolute atomic E-state index is 6.09. The summed E-state index contributed by atoms with van der Waals surface area (Å²) in [6.07, 6.45) is 2.50. The Morgan fingerprint density at radius 1 is 1.05 bits per heavy atom. The Morgan fingerprint density at radius 2 is 1.80 bits per heavy atom. The zero-order valence-corrected chi connectivity index (χ0v) is 12.0. The van der Waals surface area contributed by atoms with Crippen LogP contribution in [0.4, 0.5) is 0 Å². The molecule has 20 heavy (non-hydrogen) atoms. The first-order valence-electron chi connectivity index (χ1n) is 7.44. The first kappa shape index (κ1) is 13.2. The summed E-state index contributed by atoms with van der Waals surface area (Å²) in [6.45, 7) is 4.53. The van der Waals surface area contributed by atoms with E-state index < -0.39 is 0 Å². The number of para-hydroxylation sites is 2. The molecule has 0 amide bonds. The number of hydrogen-bond acceptors (Lipinski definition) is 2. The van der Waals surface area contributed by atoms with Crippen molar-refractivity contribution in [2.45, 2.75) is 25.8 Å². The van der Waals surface area contributed by atoms with Crippen molar-refractivity contribution in [3.05, 3.63) is 60.2 Å². The van der Waals surface area contributed by atoms with Crippen molar-refractivity contribution in [3.8, 4) is 11.5 Å². The average Bonchev–Trinajstić information content (AvgIpc) is 2.97. The van der Waals surface area contributed by atoms with Crippen molar-refractivity contribution in [2.24, 2.45) is 0 Å². The van der Waals surface area contributed by atoms with Crippen LogP contribution in [0.25, 0.3) is 0 Å². The van der Waals surface area contributed by atoms with Gasteiger partial charge in [0, 0.05) is 11.6 Å². The topological polar surface area (TPSA) is 12.5 Å². The molecule has 104 valence electrons. The van der Waals surface area contributed by atoms with Crippen LogP contribution < -0.4 is 4.74 Å². The van der Waals surface area contributed by atoms with Crippen LogP contribution in [0.5, 0.6) is 11.5 Å². The lowest BCUT2D eigenvalue weighted by molar-refractivity contribution is 0.267. The van der Waals surface area contributed by atoms with E-state index in [1.807, 2.05) is 36.4 Å². The molecule has 0 N–H and O–H groups in total. The lowest BCUT2D eigenvalue weighted by Gasteiger charge is -2.25. The molecule has 1 atom stereocenters. The van der Waals surface area contributed by atoms with E-state index in [-0.39, 0.29) is 0 Å². The molecule has 0 saturated carbocycles. The fourth-order valence-electron chi connectivity index (χ4n) is 3.02. The van der Waals surface area contributed by atoms with E-state index in [1.165, 1.54) is 24.9 Å². The third-order valence-corrected chi connectivity index (χ3v) is 4.02. The Hall–Kier alpha value is -1.80. The van der Waals surface area contributed by atoms with Gasteiger partial charge in [0.15, 0.2) is 0 Å². The fraction of sp³-hybridized carbons (Fsp3) is 0.333. The van der Waals surface area contributed by atoms with Crippen LogP contribution in [0.2, 0.25) is 0 Å². The van der Waals surface area contributed by atoms with Gasteiger partial charge in [0.2, 0.25) is 0 Å². The van der Waals surface area contributed by atoms with Crippen LogP contribution in [0, 0.1) is 0 Å². The van der Waals surface area contributed by atoms with Crippen molar-refractivity contribution < 1.29 is 4.74 Å². The summed E-state index contributed by atoms with van der Waals surface area (Å²) in [6, 6.07) is 19.0. The van der Waals surface area contributed by atoms with Gasteiger partial charge in [-0.05, 0) is 44.1 Å². The Bertz CT molecular complexity index is 552. The van der Waals surface area contributed by atoms with Gasteiger partial charge in [-0.25, -0.2) is 0 Å². The van der Waals surface area contributed by atoms with E-state index in [9.17, 15) is 0 Å². The number of nitrogens with zero attached hydrogens (tertiary/aromatic N) is 1. The lowest BCUT2D eigenvalue weighted by Crippen LogP contribution is -2.22. The van der Waals surface area contributed by atoms with Crippen LogP contribution in [-0.2, 0) is 0 Å². The van der Waals surface area contributed by atoms with E-state index in [0.29, 0.717) is 6.04 Å². The highest BCUT2D eigenvalue weighted by Crippen LogP contribution is 2.38. The summed E-state index contributed by atoms with van der Waals surface area (Å²) >= 11 is 0. The molecular weight excluding hydrogens is 246 g/mol. The van der Waals surface area contributed by atoms with E-state index >= 15 is 0 Å². The van der Waals surface area contributed by atoms with Crippen LogP contribution >= 0.6 is 0 Å². The molecule has 1 aliphatic heterocycles. The van der Waals surface area contributed by atoms with Gasteiger partial charge in [-0.3, -0.25) is 4.90 Å². The Labute approximate surface area is 121 Å². The summed E-state index contributed by atoms with van der Waals surface area (Å²) in [5.41, 5.74) is 1.32. The van der Waals surface area contributed by atoms with Gasteiger partial charge in [0.1, 0.15) is 11.5 Å². The maximum Gasteiger partial charge on any atom is 0.132 e. The minimum atomic E-state index is 0.500. The number of benzene rings is 2. The average molecular weight is 267 g/mol. The van der Waals surface area contributed by atoms with E-state index in [0.717, 1.165) is 18.0 Å². The van der Waals surface area contributed by atoms with Crippen LogP contribution in [0.15, 0.2) is 54.6 Å². The zero-order valence-electron chi connectivity index (χ0n) is 12.0. The molecule has 1 saturated heterocycles. The van der Waals surface area contributed by atoms with Crippen LogP contribution in [0.3, 0.4) is 0 Å². The van der Waals surface area contributed by atoms with Gasteiger partial charge in [0.05, 0.1) is 0 Å². The summed E-state index contributed by atoms with van der Waals surface area (Å²) in [5.74, 6) is 1.89. The fourth-order valence-corrected chi connectivity index (χ4v) is 3.02. The maximum atomic E-state index is 6.09. The lowest BCUT2D eigenvalue weighted by atomic mass is 10.0. The second-order valence-corrected chi connectivity index (χ2v) is 5.24. The van der Waals surface area contributed by atoms with Crippen molar-refractivity contribution in [2.75, 3.05) is 13.1 Å². The highest BCUT2D eigenvalue weighted by atomic mass is 16.5. The predicted molar refractivity (Wildman–Crippen MR) is 82.2 cm³/mol. The molecule has 1 heterocycles. The molecule has 1 aliphatic rings. The number of hydrogen-bond donors (Lipinski definition) is 0. The normalized spacial score (nSPS) is 19.1. The molecule has 0 radical (unpaired) electrons. The number of rotatable bonds is 4. The van der Waals surface area contributed by atoms with Gasteiger partial charge in [0.25, 0.3) is 0 Å². The molecule has 2 aromatic carbocycles. The Kier molecular flexibility index (Phi) is 4.03. The van der Waals surface area contributed by atoms with Gasteiger partial charge in [-0.1, -0.05) is 43.3 Å². The Balaban J connectivity index is 1.88. The van der Waals surface area contributed by atoms with Crippen LogP contribution in [-0.4, -0.2) is 18.0 Å². The van der Waals surface area contributed by atoms with Gasteiger partial charge < -0.3 is 4.74 Å². The van der Waals surface area contributed by atoms with Crippen LogP contribution in [0.1, 0.15) is 31.4 Å². The molecule has 3 rings (SSSR count). The molecule has 1 fully saturated rings. The summed E-state index contributed by atoms with van der Waals surface area (Å²) in [4.78, 5) is 2.53. The second-order valence-electron chi connectivity index (χ2n) is 5.24. The van der Waals surface area contributed by atoms with Crippen molar-refractivity contribution in [1.82, 2.24) is 4.90 Å². The van der Waals surface area contributed by atoms with E-state index in [4.69, 9.17) is 4.74 Å². The molecule has 0 aliphatic carbocycles. The first-order valence-corrected chi connectivity index (χ1v) is 7.44. The third-order valence-electron chi connectivity index (χ3n) is 4.02. The first-order chi connectivity index (χ1) is 9.88. The minimum Gasteiger partial charge on any atom is -0.457 e. The second kappa shape index (κ2) is 6.10. The van der Waals surface area contributed by atoms with Crippen molar-refractivity contribution in [3.63, 3.8) is 0 Å². The van der Waals surface area contributed by atoms with E-state index in [1.54, 1.807) is 0 Å². The molecule has 2 heteroatoms. The highest BCUT2D eigenvalue weighted by Gasteiger charge is 2.26. The number of ether oxygens (including phenoxy) is 1.